The summed E-state index contributed by atoms with van der Waals surface area (Å²) in [4.78, 5) is 14.1. The molecular formula is C16H21NO. The average Bonchev–Trinajstić information content (AvgIpc) is 2.57. The highest BCUT2D eigenvalue weighted by Crippen LogP contribution is 2.23. The molecule has 1 unspecified atom stereocenters. The molecule has 18 heavy (non-hydrogen) atoms. The Hall–Kier alpha value is -1.57. The number of fused-ring (bicyclic) bond motifs is 2. The maximum absolute atomic E-state index is 12.1. The van der Waals surface area contributed by atoms with Gasteiger partial charge in [-0.05, 0) is 24.0 Å². The van der Waals surface area contributed by atoms with Gasteiger partial charge in [0.2, 0.25) is 5.91 Å². The molecule has 2 aliphatic rings. The molecule has 2 heterocycles. The molecule has 96 valence electrons. The lowest BCUT2D eigenvalue weighted by Gasteiger charge is -2.30. The minimum Gasteiger partial charge on any atom is -0.335 e. The van der Waals surface area contributed by atoms with Crippen LogP contribution in [0.5, 0.6) is 0 Å². The fraction of sp³-hybridized carbons (Fsp3) is 0.438. The van der Waals surface area contributed by atoms with E-state index in [1.165, 1.54) is 11.1 Å². The molecule has 0 saturated carbocycles. The lowest BCUT2D eigenvalue weighted by atomic mass is 9.99. The third-order valence-corrected chi connectivity index (χ3v) is 3.50. The number of nitrogens with zero attached hydrogens (tertiary/aromatic N) is 1. The van der Waals surface area contributed by atoms with Crippen LogP contribution in [0.4, 0.5) is 0 Å². The number of carbonyl (C=O) groups is 1. The van der Waals surface area contributed by atoms with Gasteiger partial charge in [0.05, 0.1) is 12.5 Å². The van der Waals surface area contributed by atoms with Gasteiger partial charge in [0.15, 0.2) is 0 Å². The fourth-order valence-electron chi connectivity index (χ4n) is 2.64. The first-order valence-electron chi connectivity index (χ1n) is 6.87. The van der Waals surface area contributed by atoms with Crippen LogP contribution in [-0.2, 0) is 17.6 Å². The molecule has 2 nitrogen and oxygen atoms in total. The van der Waals surface area contributed by atoms with Gasteiger partial charge in [-0.2, -0.15) is 0 Å². The monoisotopic (exact) mass is 243 g/mol. The number of rotatable bonds is 0. The van der Waals surface area contributed by atoms with Gasteiger partial charge in [-0.25, -0.2) is 0 Å². The van der Waals surface area contributed by atoms with Crippen LogP contribution in [0, 0.1) is 0 Å². The van der Waals surface area contributed by atoms with Crippen molar-refractivity contribution in [2.75, 3.05) is 6.54 Å². The predicted molar refractivity (Wildman–Crippen MR) is 74.5 cm³/mol. The molecule has 0 aliphatic carbocycles. The summed E-state index contributed by atoms with van der Waals surface area (Å²) in [5, 5.41) is 0. The van der Waals surface area contributed by atoms with Crippen LogP contribution in [0.25, 0.3) is 0 Å². The standard InChI is InChI=1S/C14H15NO.C2H6/c16-14-10-12-6-2-1-5-11(12)9-13-7-3-4-8-15(13)14;1-2/h1-3,5-7,13H,4,8-10H2;1-2H3. The minimum atomic E-state index is 0.277. The number of hydrogen-bond acceptors (Lipinski definition) is 1. The Labute approximate surface area is 109 Å². The van der Waals surface area contributed by atoms with Gasteiger partial charge in [-0.15, -0.1) is 0 Å². The number of benzene rings is 1. The van der Waals surface area contributed by atoms with Crippen molar-refractivity contribution < 1.29 is 4.79 Å². The van der Waals surface area contributed by atoms with Crippen molar-refractivity contribution in [3.05, 3.63) is 47.5 Å². The zero-order chi connectivity index (χ0) is 13.0. The van der Waals surface area contributed by atoms with E-state index in [0.717, 1.165) is 19.4 Å². The molecule has 0 N–H and O–H groups in total. The van der Waals surface area contributed by atoms with Crippen molar-refractivity contribution in [1.82, 2.24) is 4.90 Å². The Morgan fingerprint density at radius 2 is 1.89 bits per heavy atom. The van der Waals surface area contributed by atoms with Crippen molar-refractivity contribution in [2.45, 2.75) is 39.2 Å². The van der Waals surface area contributed by atoms with Crippen LogP contribution in [0.15, 0.2) is 36.4 Å². The summed E-state index contributed by atoms with van der Waals surface area (Å²) in [6.07, 6.45) is 6.92. The molecule has 1 atom stereocenters. The summed E-state index contributed by atoms with van der Waals surface area (Å²) < 4.78 is 0. The van der Waals surface area contributed by atoms with Crippen LogP contribution < -0.4 is 0 Å². The third-order valence-electron chi connectivity index (χ3n) is 3.50. The van der Waals surface area contributed by atoms with Crippen LogP contribution in [0.1, 0.15) is 31.4 Å². The smallest absolute Gasteiger partial charge is 0.227 e. The molecule has 0 spiro atoms. The van der Waals surface area contributed by atoms with E-state index in [2.05, 4.69) is 30.4 Å². The second-order valence-corrected chi connectivity index (χ2v) is 4.52. The first kappa shape index (κ1) is 12.9. The lowest BCUT2D eigenvalue weighted by molar-refractivity contribution is -0.131. The van der Waals surface area contributed by atoms with E-state index in [0.29, 0.717) is 6.42 Å². The quantitative estimate of drug-likeness (QED) is 0.641. The highest BCUT2D eigenvalue weighted by molar-refractivity contribution is 5.80. The Balaban J connectivity index is 0.000000574. The normalized spacial score (nSPS) is 21.3. The summed E-state index contributed by atoms with van der Waals surface area (Å²) in [5.74, 6) is 0.277. The van der Waals surface area contributed by atoms with Crippen LogP contribution in [0.3, 0.4) is 0 Å². The van der Waals surface area contributed by atoms with Gasteiger partial charge in [0, 0.05) is 6.54 Å². The van der Waals surface area contributed by atoms with Crippen molar-refractivity contribution >= 4 is 5.91 Å². The van der Waals surface area contributed by atoms with E-state index in [9.17, 15) is 4.79 Å². The first-order chi connectivity index (χ1) is 8.84. The van der Waals surface area contributed by atoms with Gasteiger partial charge < -0.3 is 4.90 Å². The van der Waals surface area contributed by atoms with E-state index in [1.54, 1.807) is 0 Å². The second kappa shape index (κ2) is 5.85. The second-order valence-electron chi connectivity index (χ2n) is 4.52. The SMILES string of the molecule is CC.O=C1Cc2ccccc2CC2C=CCCN12. The lowest BCUT2D eigenvalue weighted by Crippen LogP contribution is -2.41. The van der Waals surface area contributed by atoms with E-state index >= 15 is 0 Å². The van der Waals surface area contributed by atoms with Crippen molar-refractivity contribution in [3.63, 3.8) is 0 Å². The van der Waals surface area contributed by atoms with Gasteiger partial charge in [0.1, 0.15) is 0 Å². The Bertz CT molecular complexity index is 450. The molecule has 0 fully saturated rings. The molecule has 3 rings (SSSR count). The molecule has 0 bridgehead atoms. The Morgan fingerprint density at radius 1 is 1.17 bits per heavy atom. The predicted octanol–water partition coefficient (Wildman–Crippen LogP) is 2.97. The van der Waals surface area contributed by atoms with Crippen molar-refractivity contribution in [2.24, 2.45) is 0 Å². The zero-order valence-corrected chi connectivity index (χ0v) is 11.2. The van der Waals surface area contributed by atoms with Gasteiger partial charge >= 0.3 is 0 Å². The van der Waals surface area contributed by atoms with Gasteiger partial charge in [-0.3, -0.25) is 4.79 Å². The molecule has 0 aromatic heterocycles. The Kier molecular flexibility index (Phi) is 4.19. The highest BCUT2D eigenvalue weighted by Gasteiger charge is 2.27. The van der Waals surface area contributed by atoms with Gasteiger partial charge in [0.25, 0.3) is 0 Å². The largest absolute Gasteiger partial charge is 0.335 e. The summed E-state index contributed by atoms with van der Waals surface area (Å²) in [7, 11) is 0. The molecule has 0 saturated heterocycles. The molecule has 2 aliphatic heterocycles. The van der Waals surface area contributed by atoms with Crippen molar-refractivity contribution in [1.29, 1.82) is 0 Å². The zero-order valence-electron chi connectivity index (χ0n) is 11.2. The number of amides is 1. The summed E-state index contributed by atoms with van der Waals surface area (Å²) >= 11 is 0. The van der Waals surface area contributed by atoms with E-state index < -0.39 is 0 Å². The van der Waals surface area contributed by atoms with Gasteiger partial charge in [-0.1, -0.05) is 50.3 Å². The summed E-state index contributed by atoms with van der Waals surface area (Å²) in [6, 6.07) is 8.59. The number of carbonyl (C=O) groups excluding carboxylic acids is 1. The van der Waals surface area contributed by atoms with Crippen LogP contribution in [0.2, 0.25) is 0 Å². The maximum atomic E-state index is 12.1. The average molecular weight is 243 g/mol. The van der Waals surface area contributed by atoms with E-state index in [4.69, 9.17) is 0 Å². The molecular weight excluding hydrogens is 222 g/mol. The molecule has 1 aromatic carbocycles. The molecule has 2 heteroatoms. The topological polar surface area (TPSA) is 20.3 Å². The first-order valence-corrected chi connectivity index (χ1v) is 6.87. The highest BCUT2D eigenvalue weighted by atomic mass is 16.2. The Morgan fingerprint density at radius 3 is 2.67 bits per heavy atom. The van der Waals surface area contributed by atoms with Crippen molar-refractivity contribution in [3.8, 4) is 0 Å². The minimum absolute atomic E-state index is 0.277. The molecule has 1 aromatic rings. The fourth-order valence-corrected chi connectivity index (χ4v) is 2.64. The summed E-state index contributed by atoms with van der Waals surface area (Å²) in [6.45, 7) is 4.88. The van der Waals surface area contributed by atoms with Crippen LogP contribution >= 0.6 is 0 Å². The molecule has 0 radical (unpaired) electrons. The van der Waals surface area contributed by atoms with E-state index in [1.807, 2.05) is 24.8 Å². The van der Waals surface area contributed by atoms with E-state index in [-0.39, 0.29) is 11.9 Å². The maximum Gasteiger partial charge on any atom is 0.227 e. The third kappa shape index (κ3) is 2.47. The summed E-state index contributed by atoms with van der Waals surface area (Å²) in [5.41, 5.74) is 2.53. The van der Waals surface area contributed by atoms with Crippen LogP contribution in [-0.4, -0.2) is 23.4 Å². The number of hydrogen-bond donors (Lipinski definition) is 0. The molecule has 1 amide bonds.